The van der Waals surface area contributed by atoms with Crippen LogP contribution < -0.4 is 10.1 Å². The second-order valence-corrected chi connectivity index (χ2v) is 8.85. The maximum absolute atomic E-state index is 12.8. The van der Waals surface area contributed by atoms with Gasteiger partial charge in [-0.25, -0.2) is 0 Å². The number of halogens is 1. The fourth-order valence-electron chi connectivity index (χ4n) is 3.90. The Labute approximate surface area is 200 Å². The van der Waals surface area contributed by atoms with Gasteiger partial charge >= 0.3 is 0 Å². The van der Waals surface area contributed by atoms with Crippen molar-refractivity contribution in [2.75, 3.05) is 13.1 Å². The first-order chi connectivity index (χ1) is 16.1. The smallest absolute Gasteiger partial charge is 0.255 e. The van der Waals surface area contributed by atoms with Crippen molar-refractivity contribution in [1.82, 2.24) is 10.2 Å². The number of para-hydroxylation sites is 1. The van der Waals surface area contributed by atoms with Crippen LogP contribution in [0.5, 0.6) is 5.75 Å². The minimum atomic E-state index is -0.169. The molecule has 0 aliphatic carbocycles. The number of aliphatic hydroxyl groups excluding tert-OH is 1. The maximum atomic E-state index is 12.8. The highest BCUT2D eigenvalue weighted by Crippen LogP contribution is 2.20. The SMILES string of the molecule is O=C(NCc1ccc(CN2CCC(O)CC2)cc1)c1ccccc1OCc1ccc(Cl)cc1. The largest absolute Gasteiger partial charge is 0.488 e. The molecule has 2 N–H and O–H groups in total. The van der Waals surface area contributed by atoms with Crippen molar-refractivity contribution in [1.29, 1.82) is 0 Å². The third-order valence-electron chi connectivity index (χ3n) is 5.88. The number of aliphatic hydroxyl groups is 1. The third-order valence-corrected chi connectivity index (χ3v) is 6.13. The fourth-order valence-corrected chi connectivity index (χ4v) is 4.02. The molecule has 0 saturated carbocycles. The number of likely N-dealkylation sites (tertiary alicyclic amines) is 1. The van der Waals surface area contributed by atoms with E-state index in [1.165, 1.54) is 5.56 Å². The van der Waals surface area contributed by atoms with Gasteiger partial charge in [0.05, 0.1) is 11.7 Å². The summed E-state index contributed by atoms with van der Waals surface area (Å²) in [6.07, 6.45) is 1.53. The second kappa shape index (κ2) is 11.3. The first-order valence-corrected chi connectivity index (χ1v) is 11.7. The first kappa shape index (κ1) is 23.3. The molecule has 1 amide bonds. The highest BCUT2D eigenvalue weighted by molar-refractivity contribution is 6.30. The molecule has 0 unspecified atom stereocenters. The topological polar surface area (TPSA) is 61.8 Å². The van der Waals surface area contributed by atoms with E-state index in [1.54, 1.807) is 12.1 Å². The monoisotopic (exact) mass is 464 g/mol. The van der Waals surface area contributed by atoms with Crippen LogP contribution in [0, 0.1) is 0 Å². The number of hydrogen-bond acceptors (Lipinski definition) is 4. The molecule has 1 heterocycles. The van der Waals surface area contributed by atoms with Crippen molar-refractivity contribution in [3.8, 4) is 5.75 Å². The molecule has 6 heteroatoms. The molecule has 0 spiro atoms. The Morgan fingerprint density at radius 3 is 2.30 bits per heavy atom. The van der Waals surface area contributed by atoms with Gasteiger partial charge in [0.25, 0.3) is 5.91 Å². The number of piperidine rings is 1. The Bertz CT molecular complexity index is 1050. The standard InChI is InChI=1S/C27H29ClN2O3/c28-23-11-9-22(10-12-23)19-33-26-4-2-1-3-25(26)27(32)29-17-20-5-7-21(8-6-20)18-30-15-13-24(31)14-16-30/h1-12,24,31H,13-19H2,(H,29,32). The number of carbonyl (C=O) groups is 1. The molecule has 5 nitrogen and oxygen atoms in total. The Hall–Kier alpha value is -2.86. The molecule has 0 atom stereocenters. The summed E-state index contributed by atoms with van der Waals surface area (Å²) < 4.78 is 5.91. The van der Waals surface area contributed by atoms with Gasteiger partial charge in [0.2, 0.25) is 0 Å². The van der Waals surface area contributed by atoms with E-state index in [4.69, 9.17) is 16.3 Å². The molecule has 4 rings (SSSR count). The van der Waals surface area contributed by atoms with Gasteiger partial charge in [-0.2, -0.15) is 0 Å². The molecule has 3 aromatic rings. The molecule has 1 aliphatic rings. The van der Waals surface area contributed by atoms with Crippen molar-refractivity contribution in [3.05, 3.63) is 100 Å². The zero-order valence-electron chi connectivity index (χ0n) is 18.5. The summed E-state index contributed by atoms with van der Waals surface area (Å²) in [7, 11) is 0. The normalized spacial score (nSPS) is 14.7. The van der Waals surface area contributed by atoms with E-state index >= 15 is 0 Å². The number of ether oxygens (including phenoxy) is 1. The summed E-state index contributed by atoms with van der Waals surface area (Å²) in [5.74, 6) is 0.379. The summed E-state index contributed by atoms with van der Waals surface area (Å²) in [4.78, 5) is 15.2. The van der Waals surface area contributed by atoms with E-state index in [0.29, 0.717) is 29.5 Å². The van der Waals surface area contributed by atoms with Gasteiger partial charge in [0.15, 0.2) is 0 Å². The summed E-state index contributed by atoms with van der Waals surface area (Å²) in [6.45, 7) is 3.55. The van der Waals surface area contributed by atoms with Crippen LogP contribution in [0.3, 0.4) is 0 Å². The number of carbonyl (C=O) groups excluding carboxylic acids is 1. The molecule has 0 bridgehead atoms. The summed E-state index contributed by atoms with van der Waals surface area (Å²) in [5.41, 5.74) is 3.77. The van der Waals surface area contributed by atoms with Gasteiger partial charge in [0, 0.05) is 31.2 Å². The quantitative estimate of drug-likeness (QED) is 0.502. The predicted octanol–water partition coefficient (Wildman–Crippen LogP) is 4.81. The van der Waals surface area contributed by atoms with Gasteiger partial charge in [-0.05, 0) is 53.8 Å². The highest BCUT2D eigenvalue weighted by atomic mass is 35.5. The Morgan fingerprint density at radius 2 is 1.58 bits per heavy atom. The highest BCUT2D eigenvalue weighted by Gasteiger charge is 2.17. The van der Waals surface area contributed by atoms with Crippen molar-refractivity contribution in [2.45, 2.75) is 38.6 Å². The van der Waals surface area contributed by atoms with Gasteiger partial charge in [-0.3, -0.25) is 9.69 Å². The van der Waals surface area contributed by atoms with Gasteiger partial charge < -0.3 is 15.2 Å². The lowest BCUT2D eigenvalue weighted by Gasteiger charge is -2.29. The average molecular weight is 465 g/mol. The maximum Gasteiger partial charge on any atom is 0.255 e. The third kappa shape index (κ3) is 6.81. The molecule has 3 aromatic carbocycles. The Kier molecular flexibility index (Phi) is 8.00. The van der Waals surface area contributed by atoms with Crippen LogP contribution in [-0.4, -0.2) is 35.1 Å². The summed E-state index contributed by atoms with van der Waals surface area (Å²) >= 11 is 5.93. The molecule has 33 heavy (non-hydrogen) atoms. The van der Waals surface area contributed by atoms with Crippen LogP contribution >= 0.6 is 11.6 Å². The zero-order valence-corrected chi connectivity index (χ0v) is 19.3. The molecular weight excluding hydrogens is 436 g/mol. The van der Waals surface area contributed by atoms with E-state index in [0.717, 1.165) is 43.6 Å². The molecule has 1 fully saturated rings. The minimum absolute atomic E-state index is 0.153. The number of nitrogens with zero attached hydrogens (tertiary/aromatic N) is 1. The number of benzene rings is 3. The average Bonchev–Trinajstić information content (AvgIpc) is 2.85. The van der Waals surface area contributed by atoms with Gasteiger partial charge in [0.1, 0.15) is 12.4 Å². The molecule has 0 aromatic heterocycles. The van der Waals surface area contributed by atoms with E-state index in [2.05, 4.69) is 34.5 Å². The van der Waals surface area contributed by atoms with Crippen molar-refractivity contribution in [2.24, 2.45) is 0 Å². The van der Waals surface area contributed by atoms with Crippen LogP contribution in [0.2, 0.25) is 5.02 Å². The Morgan fingerprint density at radius 1 is 0.939 bits per heavy atom. The minimum Gasteiger partial charge on any atom is -0.488 e. The van der Waals surface area contributed by atoms with Crippen molar-refractivity contribution >= 4 is 17.5 Å². The van der Waals surface area contributed by atoms with Crippen LogP contribution in [-0.2, 0) is 19.7 Å². The van der Waals surface area contributed by atoms with Gasteiger partial charge in [-0.15, -0.1) is 0 Å². The summed E-state index contributed by atoms with van der Waals surface area (Å²) in [5, 5.41) is 13.3. The number of nitrogens with one attached hydrogen (secondary N) is 1. The van der Waals surface area contributed by atoms with E-state index in [9.17, 15) is 9.90 Å². The molecule has 1 saturated heterocycles. The molecule has 0 radical (unpaired) electrons. The lowest BCUT2D eigenvalue weighted by atomic mass is 10.1. The van der Waals surface area contributed by atoms with Crippen molar-refractivity contribution in [3.63, 3.8) is 0 Å². The number of hydrogen-bond donors (Lipinski definition) is 2. The van der Waals surface area contributed by atoms with Crippen LogP contribution in [0.4, 0.5) is 0 Å². The molecule has 172 valence electrons. The summed E-state index contributed by atoms with van der Waals surface area (Å²) in [6, 6.07) is 23.0. The lowest BCUT2D eigenvalue weighted by molar-refractivity contribution is 0.0792. The number of amides is 1. The van der Waals surface area contributed by atoms with Crippen LogP contribution in [0.15, 0.2) is 72.8 Å². The first-order valence-electron chi connectivity index (χ1n) is 11.3. The number of rotatable bonds is 8. The van der Waals surface area contributed by atoms with E-state index in [1.807, 2.05) is 36.4 Å². The zero-order chi connectivity index (χ0) is 23.0. The predicted molar refractivity (Wildman–Crippen MR) is 130 cm³/mol. The van der Waals surface area contributed by atoms with Crippen LogP contribution in [0.1, 0.15) is 39.9 Å². The lowest BCUT2D eigenvalue weighted by Crippen LogP contribution is -2.35. The molecule has 1 aliphatic heterocycles. The van der Waals surface area contributed by atoms with E-state index in [-0.39, 0.29) is 12.0 Å². The van der Waals surface area contributed by atoms with E-state index < -0.39 is 0 Å². The second-order valence-electron chi connectivity index (χ2n) is 8.42. The van der Waals surface area contributed by atoms with Crippen molar-refractivity contribution < 1.29 is 14.6 Å². The molecular formula is C27H29ClN2O3. The van der Waals surface area contributed by atoms with Gasteiger partial charge in [-0.1, -0.05) is 60.1 Å². The Balaban J connectivity index is 1.30. The van der Waals surface area contributed by atoms with Crippen LogP contribution in [0.25, 0.3) is 0 Å². The fraction of sp³-hybridized carbons (Fsp3) is 0.296.